The highest BCUT2D eigenvalue weighted by Crippen LogP contribution is 2.18. The molecule has 0 aliphatic rings. The standard InChI is InChI=1S/C20H18N6O2/c1-13-9-18-23-15(11-19(27)26(18)25-13)10-16(14-5-3-2-4-6-14)24-20(28)17-12-21-7-8-22-17/h2-9,11-12,16,25H,10H2,1H3,(H,24,28)/t16-/m0/s1. The average Bonchev–Trinajstić information content (AvgIpc) is 3.09. The third-order valence-electron chi connectivity index (χ3n) is 4.35. The van der Waals surface area contributed by atoms with Gasteiger partial charge >= 0.3 is 0 Å². The highest BCUT2D eigenvalue weighted by molar-refractivity contribution is 5.92. The summed E-state index contributed by atoms with van der Waals surface area (Å²) in [5.74, 6) is -0.336. The third-order valence-corrected chi connectivity index (χ3v) is 4.35. The molecule has 2 N–H and O–H groups in total. The number of aromatic nitrogens is 5. The molecule has 0 saturated heterocycles. The second-order valence-electron chi connectivity index (χ2n) is 6.45. The van der Waals surface area contributed by atoms with Crippen molar-refractivity contribution in [1.29, 1.82) is 0 Å². The lowest BCUT2D eigenvalue weighted by Crippen LogP contribution is -2.31. The summed E-state index contributed by atoms with van der Waals surface area (Å²) >= 11 is 0. The van der Waals surface area contributed by atoms with E-state index in [1.54, 1.807) is 6.07 Å². The second-order valence-corrected chi connectivity index (χ2v) is 6.45. The molecule has 28 heavy (non-hydrogen) atoms. The number of amides is 1. The van der Waals surface area contributed by atoms with Gasteiger partial charge in [0.25, 0.3) is 11.5 Å². The molecule has 0 aliphatic heterocycles. The first-order chi connectivity index (χ1) is 13.6. The van der Waals surface area contributed by atoms with Gasteiger partial charge in [-0.1, -0.05) is 30.3 Å². The Morgan fingerprint density at radius 3 is 2.79 bits per heavy atom. The van der Waals surface area contributed by atoms with E-state index in [0.29, 0.717) is 17.8 Å². The van der Waals surface area contributed by atoms with Crippen molar-refractivity contribution < 1.29 is 4.79 Å². The van der Waals surface area contributed by atoms with Crippen molar-refractivity contribution in [2.24, 2.45) is 0 Å². The van der Waals surface area contributed by atoms with Crippen molar-refractivity contribution in [1.82, 2.24) is 29.9 Å². The summed E-state index contributed by atoms with van der Waals surface area (Å²) in [6.07, 6.45) is 4.76. The average molecular weight is 374 g/mol. The number of aryl methyl sites for hydroxylation is 1. The minimum atomic E-state index is -0.370. The monoisotopic (exact) mass is 374 g/mol. The van der Waals surface area contributed by atoms with Crippen molar-refractivity contribution in [3.05, 3.63) is 94.1 Å². The second kappa shape index (κ2) is 7.43. The van der Waals surface area contributed by atoms with Crippen LogP contribution in [0.5, 0.6) is 0 Å². The summed E-state index contributed by atoms with van der Waals surface area (Å²) in [6, 6.07) is 12.5. The Hall–Kier alpha value is -3.81. The number of carbonyl (C=O) groups is 1. The number of aromatic amines is 1. The van der Waals surface area contributed by atoms with Crippen LogP contribution in [0.15, 0.2) is 65.8 Å². The highest BCUT2D eigenvalue weighted by Gasteiger charge is 2.19. The molecular weight excluding hydrogens is 356 g/mol. The van der Waals surface area contributed by atoms with E-state index in [-0.39, 0.29) is 23.2 Å². The van der Waals surface area contributed by atoms with Crippen LogP contribution < -0.4 is 10.9 Å². The molecule has 0 radical (unpaired) electrons. The first kappa shape index (κ1) is 17.6. The van der Waals surface area contributed by atoms with Gasteiger partial charge in [-0.05, 0) is 12.5 Å². The van der Waals surface area contributed by atoms with Crippen LogP contribution in [0.2, 0.25) is 0 Å². The molecule has 0 saturated carbocycles. The Balaban J connectivity index is 1.66. The molecule has 1 aromatic carbocycles. The van der Waals surface area contributed by atoms with Crippen LogP contribution >= 0.6 is 0 Å². The van der Waals surface area contributed by atoms with Crippen LogP contribution in [0, 0.1) is 6.92 Å². The zero-order valence-corrected chi connectivity index (χ0v) is 15.2. The number of hydrogen-bond acceptors (Lipinski definition) is 5. The largest absolute Gasteiger partial charge is 0.343 e. The van der Waals surface area contributed by atoms with Gasteiger partial charge < -0.3 is 5.32 Å². The van der Waals surface area contributed by atoms with Gasteiger partial charge in [-0.3, -0.25) is 19.7 Å². The van der Waals surface area contributed by atoms with Crippen LogP contribution in [0.1, 0.15) is 33.5 Å². The van der Waals surface area contributed by atoms with E-state index in [4.69, 9.17) is 0 Å². The predicted octanol–water partition coefficient (Wildman–Crippen LogP) is 1.83. The van der Waals surface area contributed by atoms with Gasteiger partial charge in [-0.15, -0.1) is 0 Å². The Bertz CT molecular complexity index is 1170. The number of benzene rings is 1. The van der Waals surface area contributed by atoms with Gasteiger partial charge in [-0.25, -0.2) is 14.5 Å². The smallest absolute Gasteiger partial charge is 0.272 e. The summed E-state index contributed by atoms with van der Waals surface area (Å²) in [7, 11) is 0. The summed E-state index contributed by atoms with van der Waals surface area (Å²) in [5, 5.41) is 5.92. The van der Waals surface area contributed by atoms with E-state index in [1.807, 2.05) is 37.3 Å². The molecular formula is C20H18N6O2. The predicted molar refractivity (Wildman–Crippen MR) is 103 cm³/mol. The SMILES string of the molecule is Cc1cc2nc(C[C@H](NC(=O)c3cnccn3)c3ccccc3)cc(=O)n2[nH]1. The first-order valence-electron chi connectivity index (χ1n) is 8.80. The van der Waals surface area contributed by atoms with Gasteiger partial charge in [-0.2, -0.15) is 0 Å². The fourth-order valence-corrected chi connectivity index (χ4v) is 3.06. The fraction of sp³-hybridized carbons (Fsp3) is 0.150. The number of nitrogens with one attached hydrogen (secondary N) is 2. The van der Waals surface area contributed by atoms with Gasteiger partial charge in [0, 0.05) is 36.6 Å². The Morgan fingerprint density at radius 1 is 1.21 bits per heavy atom. The Labute approximate surface area is 160 Å². The molecule has 4 rings (SSSR count). The summed E-state index contributed by atoms with van der Waals surface area (Å²) < 4.78 is 1.40. The number of fused-ring (bicyclic) bond motifs is 1. The zero-order chi connectivity index (χ0) is 19.5. The number of hydrogen-bond donors (Lipinski definition) is 2. The molecule has 0 fully saturated rings. The van der Waals surface area contributed by atoms with Crippen LogP contribution in [-0.2, 0) is 6.42 Å². The number of rotatable bonds is 5. The molecule has 3 heterocycles. The fourth-order valence-electron chi connectivity index (χ4n) is 3.06. The number of carbonyl (C=O) groups excluding carboxylic acids is 1. The molecule has 1 amide bonds. The van der Waals surface area contributed by atoms with Gasteiger partial charge in [0.2, 0.25) is 0 Å². The van der Waals surface area contributed by atoms with Gasteiger partial charge in [0.1, 0.15) is 5.69 Å². The summed E-state index contributed by atoms with van der Waals surface area (Å²) in [4.78, 5) is 37.5. The third kappa shape index (κ3) is 3.66. The van der Waals surface area contributed by atoms with Crippen molar-refractivity contribution in [3.63, 3.8) is 0 Å². The van der Waals surface area contributed by atoms with E-state index in [2.05, 4.69) is 25.4 Å². The Kier molecular flexibility index (Phi) is 4.67. The summed E-state index contributed by atoms with van der Waals surface area (Å²) in [5.41, 5.74) is 2.93. The molecule has 4 aromatic rings. The molecule has 3 aromatic heterocycles. The van der Waals surface area contributed by atoms with E-state index >= 15 is 0 Å². The highest BCUT2D eigenvalue weighted by atomic mass is 16.2. The van der Waals surface area contributed by atoms with Gasteiger partial charge in [0.05, 0.1) is 17.9 Å². The first-order valence-corrected chi connectivity index (χ1v) is 8.80. The quantitative estimate of drug-likeness (QED) is 0.554. The van der Waals surface area contributed by atoms with Gasteiger partial charge in [0.15, 0.2) is 5.65 Å². The zero-order valence-electron chi connectivity index (χ0n) is 15.2. The van der Waals surface area contributed by atoms with Crippen molar-refractivity contribution in [3.8, 4) is 0 Å². The molecule has 0 aliphatic carbocycles. The minimum Gasteiger partial charge on any atom is -0.343 e. The van der Waals surface area contributed by atoms with Crippen LogP contribution in [-0.4, -0.2) is 30.5 Å². The lowest BCUT2D eigenvalue weighted by molar-refractivity contribution is 0.0931. The molecule has 8 nitrogen and oxygen atoms in total. The lowest BCUT2D eigenvalue weighted by Gasteiger charge is -2.18. The minimum absolute atomic E-state index is 0.194. The molecule has 8 heteroatoms. The van der Waals surface area contributed by atoms with Crippen molar-refractivity contribution in [2.45, 2.75) is 19.4 Å². The van der Waals surface area contributed by atoms with Crippen molar-refractivity contribution >= 4 is 11.6 Å². The molecule has 0 unspecified atom stereocenters. The summed E-state index contributed by atoms with van der Waals surface area (Å²) in [6.45, 7) is 1.86. The molecule has 140 valence electrons. The van der Waals surface area contributed by atoms with E-state index < -0.39 is 0 Å². The molecule has 1 atom stereocenters. The maximum Gasteiger partial charge on any atom is 0.272 e. The topological polar surface area (TPSA) is 105 Å². The molecule has 0 bridgehead atoms. The normalized spacial score (nSPS) is 12.0. The maximum atomic E-state index is 12.6. The van der Waals surface area contributed by atoms with Crippen LogP contribution in [0.25, 0.3) is 5.65 Å². The maximum absolute atomic E-state index is 12.6. The van der Waals surface area contributed by atoms with Crippen LogP contribution in [0.4, 0.5) is 0 Å². The van der Waals surface area contributed by atoms with E-state index in [9.17, 15) is 9.59 Å². The molecule has 0 spiro atoms. The lowest BCUT2D eigenvalue weighted by atomic mass is 10.0. The number of nitrogens with zero attached hydrogens (tertiary/aromatic N) is 4. The van der Waals surface area contributed by atoms with Crippen molar-refractivity contribution in [2.75, 3.05) is 0 Å². The van der Waals surface area contributed by atoms with Crippen LogP contribution in [0.3, 0.4) is 0 Å². The Morgan fingerprint density at radius 2 is 2.04 bits per heavy atom. The van der Waals surface area contributed by atoms with E-state index in [1.165, 1.54) is 29.2 Å². The van der Waals surface area contributed by atoms with E-state index in [0.717, 1.165) is 11.3 Å². The number of H-pyrrole nitrogens is 1.